The number of hydrogen-bond acceptors (Lipinski definition) is 4. The molecule has 0 aliphatic carbocycles. The molecule has 1 amide bonds. The summed E-state index contributed by atoms with van der Waals surface area (Å²) >= 11 is 6.16. The first-order valence-electron chi connectivity index (χ1n) is 7.93. The molecule has 7 heteroatoms. The van der Waals surface area contributed by atoms with Crippen LogP contribution in [0.3, 0.4) is 0 Å². The molecule has 1 aromatic carbocycles. The van der Waals surface area contributed by atoms with Crippen molar-refractivity contribution in [2.24, 2.45) is 0 Å². The summed E-state index contributed by atoms with van der Waals surface area (Å²) in [5, 5.41) is 7.68. The highest BCUT2D eigenvalue weighted by atomic mass is 35.5. The number of halogens is 1. The minimum Gasteiger partial charge on any atom is -0.486 e. The van der Waals surface area contributed by atoms with E-state index >= 15 is 0 Å². The first kappa shape index (κ1) is 16.6. The molecule has 0 fully saturated rings. The van der Waals surface area contributed by atoms with Crippen LogP contribution in [0.25, 0.3) is 0 Å². The summed E-state index contributed by atoms with van der Waals surface area (Å²) in [4.78, 5) is 12.3. The predicted octanol–water partition coefficient (Wildman–Crippen LogP) is 2.74. The summed E-state index contributed by atoms with van der Waals surface area (Å²) in [7, 11) is 0. The Morgan fingerprint density at radius 2 is 2.08 bits per heavy atom. The van der Waals surface area contributed by atoms with Crippen LogP contribution in [0.5, 0.6) is 11.5 Å². The Labute approximate surface area is 145 Å². The molecule has 1 N–H and O–H groups in total. The van der Waals surface area contributed by atoms with Crippen LogP contribution in [0, 0.1) is 13.8 Å². The lowest BCUT2D eigenvalue weighted by atomic mass is 10.1. The van der Waals surface area contributed by atoms with Crippen LogP contribution in [-0.2, 0) is 6.54 Å². The molecule has 2 heterocycles. The first-order valence-corrected chi connectivity index (χ1v) is 8.31. The minimum absolute atomic E-state index is 0.178. The third kappa shape index (κ3) is 3.64. The van der Waals surface area contributed by atoms with Crippen LogP contribution >= 0.6 is 11.6 Å². The molecule has 128 valence electrons. The molecule has 0 spiro atoms. The molecule has 0 saturated carbocycles. The predicted molar refractivity (Wildman–Crippen MR) is 91.1 cm³/mol. The lowest BCUT2D eigenvalue weighted by molar-refractivity contribution is 0.0951. The monoisotopic (exact) mass is 349 g/mol. The van der Waals surface area contributed by atoms with Crippen molar-refractivity contribution in [3.05, 3.63) is 40.2 Å². The van der Waals surface area contributed by atoms with Gasteiger partial charge in [-0.05, 0) is 38.5 Å². The molecule has 0 atom stereocenters. The second-order valence-corrected chi connectivity index (χ2v) is 6.15. The van der Waals surface area contributed by atoms with Gasteiger partial charge in [-0.2, -0.15) is 5.10 Å². The molecule has 0 bridgehead atoms. The van der Waals surface area contributed by atoms with Crippen LogP contribution in [0.4, 0.5) is 0 Å². The Morgan fingerprint density at radius 1 is 1.29 bits per heavy atom. The molecule has 0 radical (unpaired) electrons. The van der Waals surface area contributed by atoms with Gasteiger partial charge in [0.05, 0.1) is 10.7 Å². The van der Waals surface area contributed by atoms with Gasteiger partial charge in [0.1, 0.15) is 13.2 Å². The zero-order chi connectivity index (χ0) is 17.1. The number of nitrogens with one attached hydrogen (secondary N) is 1. The lowest BCUT2D eigenvalue weighted by Gasteiger charge is -2.20. The van der Waals surface area contributed by atoms with Crippen LogP contribution in [0.1, 0.15) is 28.2 Å². The Bertz CT molecular complexity index is 758. The van der Waals surface area contributed by atoms with Gasteiger partial charge in [0.15, 0.2) is 11.5 Å². The van der Waals surface area contributed by atoms with E-state index in [0.29, 0.717) is 41.8 Å². The van der Waals surface area contributed by atoms with Crippen molar-refractivity contribution in [2.45, 2.75) is 26.8 Å². The maximum absolute atomic E-state index is 12.3. The molecule has 24 heavy (non-hydrogen) atoms. The Balaban J connectivity index is 1.55. The molecule has 1 aromatic heterocycles. The van der Waals surface area contributed by atoms with E-state index in [2.05, 4.69) is 10.4 Å². The van der Waals surface area contributed by atoms with Gasteiger partial charge in [-0.25, -0.2) is 0 Å². The number of rotatable bonds is 5. The minimum atomic E-state index is -0.178. The largest absolute Gasteiger partial charge is 0.486 e. The van der Waals surface area contributed by atoms with Gasteiger partial charge in [-0.1, -0.05) is 11.6 Å². The standard InChI is InChI=1S/C17H20ClN3O3/c1-11-8-12(2)21(20-11)5-3-4-19-17(22)13-9-14(18)16-15(10-13)23-6-7-24-16/h8-10H,3-7H2,1-2H3,(H,19,22). The fraction of sp³-hybridized carbons (Fsp3) is 0.412. The molecule has 6 nitrogen and oxygen atoms in total. The SMILES string of the molecule is Cc1cc(C)n(CCCNC(=O)c2cc(Cl)c3c(c2)OCCO3)n1. The van der Waals surface area contributed by atoms with Gasteiger partial charge in [0, 0.05) is 24.3 Å². The highest BCUT2D eigenvalue weighted by Crippen LogP contribution is 2.38. The number of fused-ring (bicyclic) bond motifs is 1. The van der Waals surface area contributed by atoms with Crippen molar-refractivity contribution in [3.8, 4) is 11.5 Å². The number of carbonyl (C=O) groups is 1. The molecular weight excluding hydrogens is 330 g/mol. The molecular formula is C17H20ClN3O3. The number of nitrogens with zero attached hydrogens (tertiary/aromatic N) is 2. The topological polar surface area (TPSA) is 65.4 Å². The summed E-state index contributed by atoms with van der Waals surface area (Å²) in [6.45, 7) is 6.24. The molecule has 1 aliphatic rings. The van der Waals surface area contributed by atoms with Gasteiger partial charge >= 0.3 is 0 Å². The van der Waals surface area contributed by atoms with Crippen molar-refractivity contribution in [3.63, 3.8) is 0 Å². The van der Waals surface area contributed by atoms with Crippen molar-refractivity contribution in [1.29, 1.82) is 0 Å². The second kappa shape index (κ2) is 7.13. The van der Waals surface area contributed by atoms with Crippen molar-refractivity contribution >= 4 is 17.5 Å². The number of benzene rings is 1. The van der Waals surface area contributed by atoms with Crippen molar-refractivity contribution in [1.82, 2.24) is 15.1 Å². The summed E-state index contributed by atoms with van der Waals surface area (Å²) in [5.74, 6) is 0.841. The summed E-state index contributed by atoms with van der Waals surface area (Å²) in [6, 6.07) is 5.30. The Hall–Kier alpha value is -2.21. The molecule has 0 saturated heterocycles. The highest BCUT2D eigenvalue weighted by Gasteiger charge is 2.19. The molecule has 3 rings (SSSR count). The average molecular weight is 350 g/mol. The smallest absolute Gasteiger partial charge is 0.251 e. The third-order valence-electron chi connectivity index (χ3n) is 3.79. The van der Waals surface area contributed by atoms with Gasteiger partial charge < -0.3 is 14.8 Å². The third-order valence-corrected chi connectivity index (χ3v) is 4.08. The molecule has 2 aromatic rings. The average Bonchev–Trinajstić information content (AvgIpc) is 2.89. The normalized spacial score (nSPS) is 13.0. The number of amides is 1. The van der Waals surface area contributed by atoms with E-state index in [0.717, 1.165) is 24.4 Å². The Kier molecular flexibility index (Phi) is 4.94. The van der Waals surface area contributed by atoms with Crippen LogP contribution < -0.4 is 14.8 Å². The van der Waals surface area contributed by atoms with Crippen molar-refractivity contribution < 1.29 is 14.3 Å². The van der Waals surface area contributed by atoms with E-state index < -0.39 is 0 Å². The number of hydrogen-bond donors (Lipinski definition) is 1. The maximum Gasteiger partial charge on any atom is 0.251 e. The molecule has 1 aliphatic heterocycles. The van der Waals surface area contributed by atoms with Gasteiger partial charge in [0.25, 0.3) is 5.91 Å². The molecule has 0 unspecified atom stereocenters. The summed E-state index contributed by atoms with van der Waals surface area (Å²) in [6.07, 6.45) is 0.798. The van der Waals surface area contributed by atoms with Crippen molar-refractivity contribution in [2.75, 3.05) is 19.8 Å². The quantitative estimate of drug-likeness (QED) is 0.843. The zero-order valence-corrected chi connectivity index (χ0v) is 14.5. The van der Waals surface area contributed by atoms with Gasteiger partial charge in [-0.15, -0.1) is 0 Å². The number of aryl methyl sites for hydroxylation is 3. The van der Waals surface area contributed by atoms with E-state index in [4.69, 9.17) is 21.1 Å². The summed E-state index contributed by atoms with van der Waals surface area (Å²) in [5.41, 5.74) is 2.59. The van der Waals surface area contributed by atoms with Gasteiger partial charge in [0.2, 0.25) is 0 Å². The highest BCUT2D eigenvalue weighted by molar-refractivity contribution is 6.32. The number of carbonyl (C=O) groups excluding carboxylic acids is 1. The van der Waals surface area contributed by atoms with Crippen LogP contribution in [-0.4, -0.2) is 35.4 Å². The second-order valence-electron chi connectivity index (χ2n) is 5.74. The van der Waals surface area contributed by atoms with E-state index in [1.165, 1.54) is 0 Å². The maximum atomic E-state index is 12.3. The fourth-order valence-corrected chi connectivity index (χ4v) is 2.94. The zero-order valence-electron chi connectivity index (χ0n) is 13.8. The van der Waals surface area contributed by atoms with E-state index in [1.807, 2.05) is 24.6 Å². The van der Waals surface area contributed by atoms with Crippen LogP contribution in [0.2, 0.25) is 5.02 Å². The van der Waals surface area contributed by atoms with E-state index in [9.17, 15) is 4.79 Å². The fourth-order valence-electron chi connectivity index (χ4n) is 2.68. The first-order chi connectivity index (χ1) is 11.5. The number of ether oxygens (including phenoxy) is 2. The van der Waals surface area contributed by atoms with E-state index in [1.54, 1.807) is 12.1 Å². The summed E-state index contributed by atoms with van der Waals surface area (Å²) < 4.78 is 12.9. The van der Waals surface area contributed by atoms with E-state index in [-0.39, 0.29) is 5.91 Å². The van der Waals surface area contributed by atoms with Gasteiger partial charge in [-0.3, -0.25) is 9.48 Å². The van der Waals surface area contributed by atoms with Crippen LogP contribution in [0.15, 0.2) is 18.2 Å². The lowest BCUT2D eigenvalue weighted by Crippen LogP contribution is -2.26. The number of aromatic nitrogens is 2. The Morgan fingerprint density at radius 3 is 2.83 bits per heavy atom.